The summed E-state index contributed by atoms with van der Waals surface area (Å²) in [6, 6.07) is 14.9. The third-order valence-corrected chi connectivity index (χ3v) is 7.57. The van der Waals surface area contributed by atoms with Gasteiger partial charge in [0.25, 0.3) is 0 Å². The zero-order chi connectivity index (χ0) is 21.4. The average molecular weight is 414 g/mol. The molecule has 2 heterocycles. The van der Waals surface area contributed by atoms with Gasteiger partial charge in [-0.05, 0) is 56.0 Å². The first-order valence-electron chi connectivity index (χ1n) is 10.8. The van der Waals surface area contributed by atoms with E-state index < -0.39 is 0 Å². The van der Waals surface area contributed by atoms with Crippen molar-refractivity contribution in [2.75, 3.05) is 4.90 Å². The van der Waals surface area contributed by atoms with Crippen LogP contribution < -0.4 is 4.90 Å². The zero-order valence-corrected chi connectivity index (χ0v) is 17.3. The summed E-state index contributed by atoms with van der Waals surface area (Å²) in [7, 11) is 0. The number of anilines is 1. The van der Waals surface area contributed by atoms with E-state index in [9.17, 15) is 14.4 Å². The number of benzene rings is 2. The Bertz CT molecular complexity index is 1150. The molecule has 6 heteroatoms. The molecule has 0 N–H and O–H groups in total. The quantitative estimate of drug-likeness (QED) is 0.570. The Hall–Kier alpha value is -3.28. The van der Waals surface area contributed by atoms with Gasteiger partial charge in [-0.1, -0.05) is 35.0 Å². The van der Waals surface area contributed by atoms with Gasteiger partial charge in [0.05, 0.1) is 23.2 Å². The third-order valence-electron chi connectivity index (χ3n) is 7.57. The minimum Gasteiger partial charge on any atom is -0.391 e. The van der Waals surface area contributed by atoms with Crippen molar-refractivity contribution in [3.63, 3.8) is 0 Å². The Kier molecular flexibility index (Phi) is 3.79. The van der Waals surface area contributed by atoms with Crippen LogP contribution in [0.3, 0.4) is 0 Å². The van der Waals surface area contributed by atoms with Crippen LogP contribution in [0.5, 0.6) is 0 Å². The molecule has 1 saturated heterocycles. The van der Waals surface area contributed by atoms with E-state index in [0.29, 0.717) is 11.3 Å². The lowest BCUT2D eigenvalue weighted by molar-refractivity contribution is -0.125. The maximum atomic E-state index is 13.4. The predicted octanol–water partition coefficient (Wildman–Crippen LogP) is 3.37. The van der Waals surface area contributed by atoms with E-state index in [0.717, 1.165) is 17.7 Å². The second kappa shape index (κ2) is 6.36. The van der Waals surface area contributed by atoms with Crippen LogP contribution in [0.4, 0.5) is 5.69 Å². The number of Topliss-reactive ketones (excluding diaryl/α,β-unsaturated/α-hetero) is 1. The highest BCUT2D eigenvalue weighted by Crippen LogP contribution is 2.62. The molecule has 6 nitrogen and oxygen atoms in total. The molecule has 6 atom stereocenters. The van der Waals surface area contributed by atoms with Crippen LogP contribution in [-0.2, 0) is 14.4 Å². The fourth-order valence-electron chi connectivity index (χ4n) is 6.19. The molecule has 2 bridgehead atoms. The number of aryl methyl sites for hydroxylation is 1. The number of carbonyl (C=O) groups is 3. The van der Waals surface area contributed by atoms with Crippen molar-refractivity contribution in [2.24, 2.45) is 34.7 Å². The van der Waals surface area contributed by atoms with Gasteiger partial charge in [0.1, 0.15) is 6.10 Å². The molecular formula is C25H22N2O4. The van der Waals surface area contributed by atoms with Gasteiger partial charge < -0.3 is 4.84 Å². The van der Waals surface area contributed by atoms with Gasteiger partial charge in [-0.15, -0.1) is 0 Å². The highest BCUT2D eigenvalue weighted by molar-refractivity contribution is 6.23. The molecule has 2 aliphatic heterocycles. The first kappa shape index (κ1) is 18.5. The Morgan fingerprint density at radius 2 is 1.58 bits per heavy atom. The van der Waals surface area contributed by atoms with Crippen molar-refractivity contribution in [3.05, 3.63) is 65.2 Å². The molecule has 2 amide bonds. The van der Waals surface area contributed by atoms with Gasteiger partial charge in [0.2, 0.25) is 11.8 Å². The monoisotopic (exact) mass is 414 g/mol. The van der Waals surface area contributed by atoms with Crippen molar-refractivity contribution in [1.82, 2.24) is 0 Å². The number of imide groups is 1. The second-order valence-corrected chi connectivity index (χ2v) is 9.17. The molecule has 2 saturated carbocycles. The number of hydrogen-bond donors (Lipinski definition) is 0. The summed E-state index contributed by atoms with van der Waals surface area (Å²) < 4.78 is 0. The lowest BCUT2D eigenvalue weighted by atomic mass is 9.71. The first-order valence-corrected chi connectivity index (χ1v) is 10.8. The summed E-state index contributed by atoms with van der Waals surface area (Å²) in [5.41, 5.74) is 4.20. The van der Waals surface area contributed by atoms with E-state index in [1.165, 1.54) is 17.4 Å². The Morgan fingerprint density at radius 3 is 2.23 bits per heavy atom. The summed E-state index contributed by atoms with van der Waals surface area (Å²) in [4.78, 5) is 45.5. The number of ketones is 1. The molecule has 0 spiro atoms. The average Bonchev–Trinajstić information content (AvgIpc) is 3.49. The topological polar surface area (TPSA) is 76.0 Å². The SMILES string of the molecule is CC(=O)c1ccc(N2C(=O)[C@@H]3[C@H]4C[C@@H]([C@H]5C(c6ccc(C)cc6)=NO[C@H]45)[C@H]3C2=O)cc1. The van der Waals surface area contributed by atoms with E-state index in [2.05, 4.69) is 17.3 Å². The normalized spacial score (nSPS) is 32.7. The smallest absolute Gasteiger partial charge is 0.238 e. The molecule has 0 aromatic heterocycles. The number of fused-ring (bicyclic) bond motifs is 8. The van der Waals surface area contributed by atoms with Crippen LogP contribution in [0.25, 0.3) is 0 Å². The highest BCUT2D eigenvalue weighted by Gasteiger charge is 2.70. The standard InChI is InChI=1S/C25H22N2O4/c1-12-3-5-15(6-4-12)22-21-17-11-18(23(21)31-26-22)20-19(17)24(29)27(25(20)30)16-9-7-14(8-10-16)13(2)28/h3-10,17-21,23H,11H2,1-2H3/t17-,18-,19-,20-,21+,23-/m1/s1. The number of carbonyl (C=O) groups excluding carboxylic acids is 3. The molecule has 0 unspecified atom stereocenters. The van der Waals surface area contributed by atoms with Crippen LogP contribution >= 0.6 is 0 Å². The highest BCUT2D eigenvalue weighted by atomic mass is 16.6. The van der Waals surface area contributed by atoms with Crippen molar-refractivity contribution in [2.45, 2.75) is 26.4 Å². The van der Waals surface area contributed by atoms with E-state index in [1.807, 2.05) is 19.1 Å². The molecule has 2 aliphatic carbocycles. The minimum absolute atomic E-state index is 0.00430. The Labute approximate surface area is 179 Å². The number of oxime groups is 1. The minimum atomic E-state index is -0.348. The Balaban J connectivity index is 1.32. The van der Waals surface area contributed by atoms with Crippen LogP contribution in [0, 0.1) is 36.5 Å². The Morgan fingerprint density at radius 1 is 0.935 bits per heavy atom. The van der Waals surface area contributed by atoms with Gasteiger partial charge in [0.15, 0.2) is 5.78 Å². The summed E-state index contributed by atoms with van der Waals surface area (Å²) in [5.74, 6) is -0.901. The second-order valence-electron chi connectivity index (χ2n) is 9.17. The van der Waals surface area contributed by atoms with Crippen LogP contribution in [0.15, 0.2) is 53.7 Å². The lowest BCUT2D eigenvalue weighted by Gasteiger charge is -2.29. The van der Waals surface area contributed by atoms with Gasteiger partial charge in [0, 0.05) is 17.4 Å². The molecule has 2 aromatic carbocycles. The van der Waals surface area contributed by atoms with E-state index in [1.54, 1.807) is 24.3 Å². The van der Waals surface area contributed by atoms with Gasteiger partial charge in [-0.3, -0.25) is 19.3 Å². The van der Waals surface area contributed by atoms with Gasteiger partial charge >= 0.3 is 0 Å². The van der Waals surface area contributed by atoms with Crippen molar-refractivity contribution >= 4 is 29.0 Å². The van der Waals surface area contributed by atoms with E-state index in [-0.39, 0.29) is 53.3 Å². The van der Waals surface area contributed by atoms with Crippen molar-refractivity contribution in [1.29, 1.82) is 0 Å². The molecule has 31 heavy (non-hydrogen) atoms. The molecule has 156 valence electrons. The lowest BCUT2D eigenvalue weighted by Crippen LogP contribution is -2.41. The number of hydrogen-bond acceptors (Lipinski definition) is 5. The summed E-state index contributed by atoms with van der Waals surface area (Å²) >= 11 is 0. The fourth-order valence-corrected chi connectivity index (χ4v) is 6.19. The van der Waals surface area contributed by atoms with Gasteiger partial charge in [-0.25, -0.2) is 0 Å². The zero-order valence-electron chi connectivity index (χ0n) is 17.3. The fraction of sp³-hybridized carbons (Fsp3) is 0.360. The maximum Gasteiger partial charge on any atom is 0.238 e. The molecule has 3 fully saturated rings. The summed E-state index contributed by atoms with van der Waals surface area (Å²) in [6.07, 6.45) is 0.684. The first-order chi connectivity index (χ1) is 15.0. The third kappa shape index (κ3) is 2.44. The number of nitrogens with zero attached hydrogens (tertiary/aromatic N) is 2. The maximum absolute atomic E-state index is 13.4. The number of amides is 2. The van der Waals surface area contributed by atoms with Crippen LogP contribution in [-0.4, -0.2) is 29.4 Å². The summed E-state index contributed by atoms with van der Waals surface area (Å²) in [5, 5.41) is 4.39. The molecule has 6 rings (SSSR count). The summed E-state index contributed by atoms with van der Waals surface area (Å²) in [6.45, 7) is 3.54. The van der Waals surface area contributed by atoms with Crippen LogP contribution in [0.1, 0.15) is 34.8 Å². The van der Waals surface area contributed by atoms with Gasteiger partial charge in [-0.2, -0.15) is 0 Å². The number of rotatable bonds is 3. The molecule has 4 aliphatic rings. The van der Waals surface area contributed by atoms with Crippen molar-refractivity contribution in [3.8, 4) is 0 Å². The predicted molar refractivity (Wildman–Crippen MR) is 114 cm³/mol. The largest absolute Gasteiger partial charge is 0.391 e. The molecule has 0 radical (unpaired) electrons. The molecular weight excluding hydrogens is 392 g/mol. The van der Waals surface area contributed by atoms with Crippen molar-refractivity contribution < 1.29 is 19.2 Å². The van der Waals surface area contributed by atoms with Crippen LogP contribution in [0.2, 0.25) is 0 Å². The molecule has 2 aromatic rings. The van der Waals surface area contributed by atoms with E-state index >= 15 is 0 Å². The van der Waals surface area contributed by atoms with E-state index in [4.69, 9.17) is 4.84 Å².